The van der Waals surface area contributed by atoms with Crippen LogP contribution in [0.1, 0.15) is 37.7 Å². The number of nitriles is 1. The number of halogens is 2. The Bertz CT molecular complexity index is 677. The minimum atomic E-state index is -3.26. The molecule has 1 aromatic rings. The van der Waals surface area contributed by atoms with Crippen molar-refractivity contribution in [3.8, 4) is 6.07 Å². The van der Waals surface area contributed by atoms with Crippen LogP contribution in [-0.4, -0.2) is 32.1 Å². The zero-order chi connectivity index (χ0) is 18.0. The predicted molar refractivity (Wildman–Crippen MR) is 101 cm³/mol. The summed E-state index contributed by atoms with van der Waals surface area (Å²) < 4.78 is 25.2. The predicted octanol–water partition coefficient (Wildman–Crippen LogP) is 4.74. The maximum Gasteiger partial charge on any atom is 0.211 e. The van der Waals surface area contributed by atoms with E-state index in [0.29, 0.717) is 29.6 Å². The summed E-state index contributed by atoms with van der Waals surface area (Å²) in [5, 5.41) is 9.56. The van der Waals surface area contributed by atoms with Crippen LogP contribution in [0.15, 0.2) is 24.3 Å². The Hall–Kier alpha value is -1.06. The number of benzene rings is 1. The molecule has 0 aromatic heterocycles. The van der Waals surface area contributed by atoms with Gasteiger partial charge in [0.05, 0.1) is 12.3 Å². The van der Waals surface area contributed by atoms with E-state index in [9.17, 15) is 8.42 Å². The van der Waals surface area contributed by atoms with Gasteiger partial charge in [-0.15, -0.1) is 0 Å². The lowest BCUT2D eigenvalue weighted by molar-refractivity contribution is 0.429. The van der Waals surface area contributed by atoms with Gasteiger partial charge in [-0.2, -0.15) is 9.57 Å². The van der Waals surface area contributed by atoms with Crippen LogP contribution in [0, 0.1) is 11.3 Å². The fraction of sp³-hybridized carbons (Fsp3) is 0.471. The first-order valence-corrected chi connectivity index (χ1v) is 10.4. The third-order valence-corrected chi connectivity index (χ3v) is 5.13. The Morgan fingerprint density at radius 3 is 2.33 bits per heavy atom. The topological polar surface area (TPSA) is 61.2 Å². The van der Waals surface area contributed by atoms with E-state index in [1.165, 1.54) is 10.6 Å². The SMILES string of the molecule is CS(=O)(=O)N(CC=Cc1cc(Cl)cc(Cl)c1)CCCCCCC#N. The molecule has 132 valence electrons. The van der Waals surface area contributed by atoms with E-state index in [1.807, 2.05) is 6.08 Å². The minimum Gasteiger partial charge on any atom is -0.212 e. The molecule has 0 atom stereocenters. The molecule has 0 N–H and O–H groups in total. The molecule has 0 bridgehead atoms. The number of hydrogen-bond donors (Lipinski definition) is 0. The molecule has 0 aliphatic heterocycles. The summed E-state index contributed by atoms with van der Waals surface area (Å²) in [4.78, 5) is 0. The Balaban J connectivity index is 2.54. The summed E-state index contributed by atoms with van der Waals surface area (Å²) >= 11 is 11.9. The molecular weight excluding hydrogens is 367 g/mol. The highest BCUT2D eigenvalue weighted by atomic mass is 35.5. The van der Waals surface area contributed by atoms with Gasteiger partial charge < -0.3 is 0 Å². The molecular formula is C17H22Cl2N2O2S. The van der Waals surface area contributed by atoms with Gasteiger partial charge in [0.15, 0.2) is 0 Å². The van der Waals surface area contributed by atoms with Gasteiger partial charge in [0.1, 0.15) is 0 Å². The van der Waals surface area contributed by atoms with Crippen molar-refractivity contribution in [1.29, 1.82) is 5.26 Å². The molecule has 0 heterocycles. The van der Waals surface area contributed by atoms with Gasteiger partial charge >= 0.3 is 0 Å². The molecule has 0 fully saturated rings. The van der Waals surface area contributed by atoms with E-state index in [1.54, 1.807) is 24.3 Å². The van der Waals surface area contributed by atoms with Crippen LogP contribution in [-0.2, 0) is 10.0 Å². The molecule has 7 heteroatoms. The molecule has 0 saturated heterocycles. The van der Waals surface area contributed by atoms with Crippen molar-refractivity contribution in [3.63, 3.8) is 0 Å². The third kappa shape index (κ3) is 8.70. The van der Waals surface area contributed by atoms with Crippen LogP contribution in [0.5, 0.6) is 0 Å². The van der Waals surface area contributed by atoms with Gasteiger partial charge in [0.2, 0.25) is 10.0 Å². The zero-order valence-corrected chi connectivity index (χ0v) is 16.0. The largest absolute Gasteiger partial charge is 0.212 e. The molecule has 4 nitrogen and oxygen atoms in total. The second-order valence-electron chi connectivity index (χ2n) is 5.55. The van der Waals surface area contributed by atoms with Gasteiger partial charge in [-0.1, -0.05) is 48.2 Å². The lowest BCUT2D eigenvalue weighted by atomic mass is 10.1. The van der Waals surface area contributed by atoms with Crippen LogP contribution in [0.25, 0.3) is 6.08 Å². The third-order valence-electron chi connectivity index (χ3n) is 3.42. The fourth-order valence-corrected chi connectivity index (χ4v) is 3.58. The zero-order valence-electron chi connectivity index (χ0n) is 13.7. The number of nitrogens with zero attached hydrogens (tertiary/aromatic N) is 2. The summed E-state index contributed by atoms with van der Waals surface area (Å²) in [6.45, 7) is 0.785. The van der Waals surface area contributed by atoms with E-state index < -0.39 is 10.0 Å². The summed E-state index contributed by atoms with van der Waals surface area (Å²) in [6.07, 6.45) is 8.89. The second kappa shape index (κ2) is 10.7. The molecule has 0 unspecified atom stereocenters. The molecule has 0 aliphatic rings. The van der Waals surface area contributed by atoms with Crippen LogP contribution >= 0.6 is 23.2 Å². The molecule has 0 aliphatic carbocycles. The first-order chi connectivity index (χ1) is 11.3. The van der Waals surface area contributed by atoms with Crippen molar-refractivity contribution in [2.45, 2.75) is 32.1 Å². The highest BCUT2D eigenvalue weighted by Crippen LogP contribution is 2.20. The van der Waals surface area contributed by atoms with E-state index >= 15 is 0 Å². The van der Waals surface area contributed by atoms with Gasteiger partial charge in [0.25, 0.3) is 0 Å². The highest BCUT2D eigenvalue weighted by molar-refractivity contribution is 7.88. The first kappa shape index (κ1) is 21.0. The van der Waals surface area contributed by atoms with E-state index in [4.69, 9.17) is 28.5 Å². The molecule has 0 saturated carbocycles. The Morgan fingerprint density at radius 1 is 1.12 bits per heavy atom. The van der Waals surface area contributed by atoms with Crippen molar-refractivity contribution in [2.75, 3.05) is 19.3 Å². The number of sulfonamides is 1. The normalized spacial score (nSPS) is 12.0. The Kier molecular flexibility index (Phi) is 9.38. The Labute approximate surface area is 154 Å². The molecule has 0 amide bonds. The van der Waals surface area contributed by atoms with Gasteiger partial charge in [-0.05, 0) is 36.6 Å². The van der Waals surface area contributed by atoms with Crippen molar-refractivity contribution >= 4 is 39.3 Å². The number of rotatable bonds is 10. The minimum absolute atomic E-state index is 0.307. The molecule has 24 heavy (non-hydrogen) atoms. The van der Waals surface area contributed by atoms with Crippen molar-refractivity contribution in [1.82, 2.24) is 4.31 Å². The quantitative estimate of drug-likeness (QED) is 0.543. The van der Waals surface area contributed by atoms with Crippen LogP contribution in [0.2, 0.25) is 10.0 Å². The second-order valence-corrected chi connectivity index (χ2v) is 8.40. The summed E-state index contributed by atoms with van der Waals surface area (Å²) in [6, 6.07) is 7.29. The van der Waals surface area contributed by atoms with Crippen molar-refractivity contribution < 1.29 is 8.42 Å². The van der Waals surface area contributed by atoms with E-state index in [0.717, 1.165) is 31.2 Å². The lowest BCUT2D eigenvalue weighted by Crippen LogP contribution is -2.31. The Morgan fingerprint density at radius 2 is 1.75 bits per heavy atom. The molecule has 1 rings (SSSR count). The van der Waals surface area contributed by atoms with Crippen LogP contribution in [0.3, 0.4) is 0 Å². The lowest BCUT2D eigenvalue weighted by Gasteiger charge is -2.18. The van der Waals surface area contributed by atoms with Crippen molar-refractivity contribution in [2.24, 2.45) is 0 Å². The van der Waals surface area contributed by atoms with Gasteiger partial charge in [0, 0.05) is 29.6 Å². The molecule has 1 aromatic carbocycles. The van der Waals surface area contributed by atoms with E-state index in [-0.39, 0.29) is 0 Å². The maximum absolute atomic E-state index is 11.9. The fourth-order valence-electron chi connectivity index (χ4n) is 2.22. The summed E-state index contributed by atoms with van der Waals surface area (Å²) in [5.74, 6) is 0. The van der Waals surface area contributed by atoms with Crippen LogP contribution in [0.4, 0.5) is 0 Å². The maximum atomic E-state index is 11.9. The highest BCUT2D eigenvalue weighted by Gasteiger charge is 2.14. The van der Waals surface area contributed by atoms with E-state index in [2.05, 4.69) is 6.07 Å². The number of unbranched alkanes of at least 4 members (excludes halogenated alkanes) is 4. The van der Waals surface area contributed by atoms with Crippen molar-refractivity contribution in [3.05, 3.63) is 39.9 Å². The van der Waals surface area contributed by atoms with Gasteiger partial charge in [-0.25, -0.2) is 8.42 Å². The van der Waals surface area contributed by atoms with Gasteiger partial charge in [-0.3, -0.25) is 0 Å². The molecule has 0 spiro atoms. The smallest absolute Gasteiger partial charge is 0.211 e. The average molecular weight is 389 g/mol. The summed E-state index contributed by atoms with van der Waals surface area (Å²) in [7, 11) is -3.26. The molecule has 0 radical (unpaired) electrons. The average Bonchev–Trinajstić information content (AvgIpc) is 2.46. The number of hydrogen-bond acceptors (Lipinski definition) is 3. The monoisotopic (exact) mass is 388 g/mol. The van der Waals surface area contributed by atoms with Crippen LogP contribution < -0.4 is 0 Å². The summed E-state index contributed by atoms with van der Waals surface area (Å²) in [5.41, 5.74) is 0.831. The first-order valence-electron chi connectivity index (χ1n) is 7.77. The standard InChI is InChI=1S/C17H22Cl2N2O2S/c1-24(22,23)21(10-6-4-2-3-5-9-20)11-7-8-15-12-16(18)14-17(19)13-15/h7-8,12-14H,2-6,10-11H2,1H3.